The molecule has 0 saturated carbocycles. The molecule has 0 saturated heterocycles. The lowest BCUT2D eigenvalue weighted by Crippen LogP contribution is -2.38. The van der Waals surface area contributed by atoms with Gasteiger partial charge in [-0.1, -0.05) is 36.5 Å². The molecule has 0 aliphatic rings. The van der Waals surface area contributed by atoms with Gasteiger partial charge >= 0.3 is 8.56 Å². The summed E-state index contributed by atoms with van der Waals surface area (Å²) in [5.74, 6) is 0.604. The second-order valence-electron chi connectivity index (χ2n) is 4.28. The lowest BCUT2D eigenvalue weighted by Gasteiger charge is -2.24. The first kappa shape index (κ1) is 14.8. The molecule has 0 atom stereocenters. The van der Waals surface area contributed by atoms with Crippen molar-refractivity contribution in [3.63, 3.8) is 0 Å². The zero-order chi connectivity index (χ0) is 12.9. The number of unbranched alkanes of at least 4 members (excludes halogenated alkanes) is 1. The van der Waals surface area contributed by atoms with Gasteiger partial charge < -0.3 is 8.85 Å². The van der Waals surface area contributed by atoms with E-state index in [0.29, 0.717) is 15.8 Å². The van der Waals surface area contributed by atoms with Gasteiger partial charge in [0.25, 0.3) is 0 Å². The van der Waals surface area contributed by atoms with Crippen molar-refractivity contribution in [2.24, 2.45) is 0 Å². The summed E-state index contributed by atoms with van der Waals surface area (Å²) < 4.78 is 11.6. The second kappa shape index (κ2) is 6.64. The molecular weight excluding hydrogens is 275 g/mol. The van der Waals surface area contributed by atoms with E-state index < -0.39 is 8.56 Å². The molecule has 2 nitrogen and oxygen atoms in total. The second-order valence-corrected chi connectivity index (χ2v) is 8.41. The van der Waals surface area contributed by atoms with Gasteiger partial charge in [0.1, 0.15) is 5.75 Å². The van der Waals surface area contributed by atoms with Gasteiger partial charge in [-0.3, -0.25) is 0 Å². The van der Waals surface area contributed by atoms with Crippen LogP contribution in [-0.2, 0) is 4.43 Å². The third-order valence-corrected chi connectivity index (χ3v) is 4.35. The molecule has 0 bridgehead atoms. The molecule has 0 unspecified atom stereocenters. The van der Waals surface area contributed by atoms with Crippen molar-refractivity contribution < 1.29 is 8.85 Å². The Morgan fingerprint density at radius 2 is 1.94 bits per heavy atom. The monoisotopic (exact) mass is 292 g/mol. The molecule has 1 rings (SSSR count). The third-order valence-electron chi connectivity index (χ3n) is 2.20. The normalized spacial score (nSPS) is 11.6. The summed E-state index contributed by atoms with van der Waals surface area (Å²) in [7, 11) is -2.18. The third kappa shape index (κ3) is 5.30. The van der Waals surface area contributed by atoms with E-state index in [9.17, 15) is 0 Å². The van der Waals surface area contributed by atoms with E-state index in [1.165, 1.54) is 0 Å². The van der Waals surface area contributed by atoms with Crippen molar-refractivity contribution in [1.82, 2.24) is 0 Å². The van der Waals surface area contributed by atoms with Crippen LogP contribution in [0, 0.1) is 0 Å². The van der Waals surface area contributed by atoms with Crippen molar-refractivity contribution >= 4 is 31.8 Å². The highest BCUT2D eigenvalue weighted by Crippen LogP contribution is 2.30. The molecule has 0 N–H and O–H groups in total. The molecule has 0 aromatic heterocycles. The Labute approximate surface area is 114 Å². The lowest BCUT2D eigenvalue weighted by molar-refractivity contribution is 0.243. The summed E-state index contributed by atoms with van der Waals surface area (Å²) in [5, 5.41) is 1.18. The number of halogens is 2. The van der Waals surface area contributed by atoms with Crippen LogP contribution in [0.25, 0.3) is 0 Å². The van der Waals surface area contributed by atoms with E-state index in [1.54, 1.807) is 18.2 Å². The van der Waals surface area contributed by atoms with Crippen molar-refractivity contribution in [2.45, 2.75) is 32.9 Å². The molecule has 17 heavy (non-hydrogen) atoms. The molecule has 0 radical (unpaired) electrons. The van der Waals surface area contributed by atoms with Crippen molar-refractivity contribution in [3.05, 3.63) is 28.2 Å². The fourth-order valence-corrected chi connectivity index (χ4v) is 3.09. The maximum absolute atomic E-state index is 6.05. The fourth-order valence-electron chi connectivity index (χ4n) is 1.31. The Morgan fingerprint density at radius 1 is 1.24 bits per heavy atom. The van der Waals surface area contributed by atoms with Gasteiger partial charge in [-0.15, -0.1) is 0 Å². The van der Waals surface area contributed by atoms with E-state index >= 15 is 0 Å². The predicted molar refractivity (Wildman–Crippen MR) is 75.4 cm³/mol. The SMILES string of the molecule is CCCCO[Si](C)(C)Oc1cc(Cl)ccc1Cl. The molecule has 0 amide bonds. The topological polar surface area (TPSA) is 18.5 Å². The molecular formula is C12H18Cl2O2Si. The Balaban J connectivity index is 2.65. The molecule has 1 aromatic carbocycles. The van der Waals surface area contributed by atoms with Gasteiger partial charge in [0.2, 0.25) is 0 Å². The number of hydrogen-bond acceptors (Lipinski definition) is 2. The first-order valence-corrected chi connectivity index (χ1v) is 9.30. The van der Waals surface area contributed by atoms with Gasteiger partial charge in [0.15, 0.2) is 0 Å². The summed E-state index contributed by atoms with van der Waals surface area (Å²) in [6, 6.07) is 5.20. The summed E-state index contributed by atoms with van der Waals surface area (Å²) in [4.78, 5) is 0. The van der Waals surface area contributed by atoms with Crippen LogP contribution < -0.4 is 4.43 Å². The van der Waals surface area contributed by atoms with Crippen LogP contribution in [0.2, 0.25) is 23.1 Å². The molecule has 0 fully saturated rings. The highest BCUT2D eigenvalue weighted by molar-refractivity contribution is 6.65. The van der Waals surface area contributed by atoms with E-state index in [-0.39, 0.29) is 0 Å². The van der Waals surface area contributed by atoms with Crippen LogP contribution in [0.5, 0.6) is 5.75 Å². The largest absolute Gasteiger partial charge is 0.519 e. The molecule has 1 aromatic rings. The Morgan fingerprint density at radius 3 is 2.59 bits per heavy atom. The lowest BCUT2D eigenvalue weighted by atomic mass is 10.3. The van der Waals surface area contributed by atoms with E-state index in [2.05, 4.69) is 6.92 Å². The van der Waals surface area contributed by atoms with Crippen molar-refractivity contribution in [3.8, 4) is 5.75 Å². The van der Waals surface area contributed by atoms with Crippen LogP contribution in [-0.4, -0.2) is 15.2 Å². The molecule has 5 heteroatoms. The van der Waals surface area contributed by atoms with Gasteiger partial charge in [-0.2, -0.15) is 0 Å². The average molecular weight is 293 g/mol. The van der Waals surface area contributed by atoms with Crippen LogP contribution in [0.4, 0.5) is 0 Å². The zero-order valence-electron chi connectivity index (χ0n) is 10.4. The summed E-state index contributed by atoms with van der Waals surface area (Å²) in [6.07, 6.45) is 2.16. The summed E-state index contributed by atoms with van der Waals surface area (Å²) in [6.45, 7) is 6.86. The number of benzene rings is 1. The van der Waals surface area contributed by atoms with Crippen LogP contribution in [0.15, 0.2) is 18.2 Å². The quantitative estimate of drug-likeness (QED) is 0.549. The first-order valence-electron chi connectivity index (χ1n) is 5.72. The van der Waals surface area contributed by atoms with Gasteiger partial charge in [0.05, 0.1) is 5.02 Å². The van der Waals surface area contributed by atoms with Crippen LogP contribution >= 0.6 is 23.2 Å². The standard InChI is InChI=1S/C12H18Cl2O2Si/c1-4-5-8-15-17(2,3)16-12-9-10(13)6-7-11(12)14/h6-7,9H,4-5,8H2,1-3H3. The van der Waals surface area contributed by atoms with Crippen molar-refractivity contribution in [1.29, 1.82) is 0 Å². The number of hydrogen-bond donors (Lipinski definition) is 0. The van der Waals surface area contributed by atoms with Gasteiger partial charge in [-0.05, 0) is 37.7 Å². The van der Waals surface area contributed by atoms with Crippen LogP contribution in [0.3, 0.4) is 0 Å². The predicted octanol–water partition coefficient (Wildman–Crippen LogP) is 4.89. The molecule has 96 valence electrons. The van der Waals surface area contributed by atoms with Crippen molar-refractivity contribution in [2.75, 3.05) is 6.61 Å². The fraction of sp³-hybridized carbons (Fsp3) is 0.500. The summed E-state index contributed by atoms with van der Waals surface area (Å²) >= 11 is 12.0. The smallest absolute Gasteiger partial charge is 0.392 e. The maximum Gasteiger partial charge on any atom is 0.392 e. The highest BCUT2D eigenvalue weighted by Gasteiger charge is 2.27. The Hall–Kier alpha value is -0.223. The Kier molecular flexibility index (Phi) is 5.80. The van der Waals surface area contributed by atoms with Gasteiger partial charge in [0, 0.05) is 11.6 Å². The zero-order valence-corrected chi connectivity index (χ0v) is 12.9. The minimum Gasteiger partial charge on any atom is -0.519 e. The molecule has 0 aliphatic carbocycles. The molecule has 0 aliphatic heterocycles. The van der Waals surface area contributed by atoms with E-state index in [0.717, 1.165) is 19.4 Å². The minimum absolute atomic E-state index is 0.564. The van der Waals surface area contributed by atoms with E-state index in [1.807, 2.05) is 13.1 Å². The average Bonchev–Trinajstić information content (AvgIpc) is 2.23. The minimum atomic E-state index is -2.18. The van der Waals surface area contributed by atoms with E-state index in [4.69, 9.17) is 32.1 Å². The summed E-state index contributed by atoms with van der Waals surface area (Å²) in [5.41, 5.74) is 0. The molecule has 0 spiro atoms. The van der Waals surface area contributed by atoms with Gasteiger partial charge in [-0.25, -0.2) is 0 Å². The highest BCUT2D eigenvalue weighted by atomic mass is 35.5. The first-order chi connectivity index (χ1) is 7.94. The maximum atomic E-state index is 6.05. The Bertz CT molecular complexity index is 370. The van der Waals surface area contributed by atoms with Crippen LogP contribution in [0.1, 0.15) is 19.8 Å². The number of rotatable bonds is 6. The molecule has 0 heterocycles.